The lowest BCUT2D eigenvalue weighted by molar-refractivity contribution is 0.103. The van der Waals surface area contributed by atoms with Crippen LogP contribution in [-0.4, -0.2) is 10.9 Å². The van der Waals surface area contributed by atoms with E-state index in [-0.39, 0.29) is 5.91 Å². The van der Waals surface area contributed by atoms with Crippen LogP contribution >= 0.6 is 11.3 Å². The van der Waals surface area contributed by atoms with Gasteiger partial charge in [-0.1, -0.05) is 24.3 Å². The molecule has 0 spiro atoms. The van der Waals surface area contributed by atoms with Gasteiger partial charge in [0.1, 0.15) is 28.1 Å². The molecule has 1 heterocycles. The second kappa shape index (κ2) is 7.23. The van der Waals surface area contributed by atoms with Gasteiger partial charge in [-0.05, 0) is 37.3 Å². The number of ether oxygens (including phenoxy) is 1. The van der Waals surface area contributed by atoms with Crippen LogP contribution in [0.3, 0.4) is 0 Å². The SMILES string of the molecule is Cc1nc(COc2ccccc2)sc1C(=O)Nc1cccc(F)c1. The quantitative estimate of drug-likeness (QED) is 0.747. The van der Waals surface area contributed by atoms with Crippen molar-refractivity contribution in [3.63, 3.8) is 0 Å². The van der Waals surface area contributed by atoms with Gasteiger partial charge in [0.15, 0.2) is 0 Å². The van der Waals surface area contributed by atoms with E-state index in [9.17, 15) is 9.18 Å². The molecule has 6 heteroatoms. The number of rotatable bonds is 5. The van der Waals surface area contributed by atoms with Crippen molar-refractivity contribution >= 4 is 22.9 Å². The van der Waals surface area contributed by atoms with E-state index in [1.165, 1.54) is 23.5 Å². The van der Waals surface area contributed by atoms with Crippen LogP contribution in [0.15, 0.2) is 54.6 Å². The second-order valence-corrected chi connectivity index (χ2v) is 6.17. The molecular formula is C18H15FN2O2S. The first-order chi connectivity index (χ1) is 11.6. The number of aromatic nitrogens is 1. The molecule has 1 aromatic heterocycles. The third kappa shape index (κ3) is 3.97. The minimum absolute atomic E-state index is 0.294. The number of aryl methyl sites for hydroxylation is 1. The number of carbonyl (C=O) groups excluding carboxylic acids is 1. The predicted octanol–water partition coefficient (Wildman–Crippen LogP) is 4.42. The van der Waals surface area contributed by atoms with E-state index >= 15 is 0 Å². The molecule has 0 fully saturated rings. The predicted molar refractivity (Wildman–Crippen MR) is 92.0 cm³/mol. The first kappa shape index (κ1) is 16.1. The molecule has 24 heavy (non-hydrogen) atoms. The number of carbonyl (C=O) groups is 1. The van der Waals surface area contributed by atoms with Crippen LogP contribution in [0.4, 0.5) is 10.1 Å². The number of nitrogens with one attached hydrogen (secondary N) is 1. The van der Waals surface area contributed by atoms with Crippen LogP contribution in [0.25, 0.3) is 0 Å². The Morgan fingerprint density at radius 2 is 2.00 bits per heavy atom. The van der Waals surface area contributed by atoms with Crippen molar-refractivity contribution in [2.24, 2.45) is 0 Å². The average Bonchev–Trinajstić information content (AvgIpc) is 2.95. The van der Waals surface area contributed by atoms with Gasteiger partial charge in [-0.2, -0.15) is 0 Å². The fourth-order valence-electron chi connectivity index (χ4n) is 2.14. The second-order valence-electron chi connectivity index (χ2n) is 5.09. The molecule has 3 aromatic rings. The maximum atomic E-state index is 13.2. The highest BCUT2D eigenvalue weighted by Gasteiger charge is 2.16. The minimum Gasteiger partial charge on any atom is -0.486 e. The van der Waals surface area contributed by atoms with Crippen LogP contribution < -0.4 is 10.1 Å². The van der Waals surface area contributed by atoms with Crippen molar-refractivity contribution in [1.29, 1.82) is 0 Å². The minimum atomic E-state index is -0.397. The van der Waals surface area contributed by atoms with E-state index in [2.05, 4.69) is 10.3 Å². The molecule has 0 unspecified atom stereocenters. The Morgan fingerprint density at radius 1 is 1.21 bits per heavy atom. The Kier molecular flexibility index (Phi) is 4.86. The van der Waals surface area contributed by atoms with E-state index < -0.39 is 5.82 Å². The van der Waals surface area contributed by atoms with Crippen molar-refractivity contribution in [1.82, 2.24) is 4.98 Å². The lowest BCUT2D eigenvalue weighted by Crippen LogP contribution is -2.11. The maximum Gasteiger partial charge on any atom is 0.267 e. The van der Waals surface area contributed by atoms with E-state index in [4.69, 9.17) is 4.74 Å². The molecule has 0 atom stereocenters. The summed E-state index contributed by atoms with van der Waals surface area (Å²) in [4.78, 5) is 17.2. The lowest BCUT2D eigenvalue weighted by atomic mass is 10.3. The monoisotopic (exact) mass is 342 g/mol. The third-order valence-corrected chi connectivity index (χ3v) is 4.36. The zero-order chi connectivity index (χ0) is 16.9. The van der Waals surface area contributed by atoms with E-state index in [1.807, 2.05) is 30.3 Å². The molecule has 0 aliphatic heterocycles. The van der Waals surface area contributed by atoms with Crippen LogP contribution in [-0.2, 0) is 6.61 Å². The summed E-state index contributed by atoms with van der Waals surface area (Å²) in [5.41, 5.74) is 1.04. The number of hydrogen-bond acceptors (Lipinski definition) is 4. The molecule has 1 amide bonds. The van der Waals surface area contributed by atoms with Gasteiger partial charge in [0.25, 0.3) is 5.91 Å². The van der Waals surface area contributed by atoms with Crippen molar-refractivity contribution in [2.75, 3.05) is 5.32 Å². The highest BCUT2D eigenvalue weighted by Crippen LogP contribution is 2.22. The zero-order valence-corrected chi connectivity index (χ0v) is 13.8. The Hall–Kier alpha value is -2.73. The van der Waals surface area contributed by atoms with Crippen molar-refractivity contribution in [3.8, 4) is 5.75 Å². The molecule has 0 radical (unpaired) electrons. The molecule has 0 aliphatic rings. The van der Waals surface area contributed by atoms with Crippen LogP contribution in [0.1, 0.15) is 20.4 Å². The van der Waals surface area contributed by atoms with Gasteiger partial charge in [0, 0.05) is 5.69 Å². The number of para-hydroxylation sites is 1. The molecule has 0 saturated heterocycles. The first-order valence-electron chi connectivity index (χ1n) is 7.33. The number of amides is 1. The van der Waals surface area contributed by atoms with Crippen LogP contribution in [0, 0.1) is 12.7 Å². The van der Waals surface area contributed by atoms with Gasteiger partial charge in [-0.3, -0.25) is 4.79 Å². The fourth-order valence-corrected chi connectivity index (χ4v) is 3.01. The number of anilines is 1. The average molecular weight is 342 g/mol. The summed E-state index contributed by atoms with van der Waals surface area (Å²) in [6.07, 6.45) is 0. The molecule has 3 rings (SSSR count). The summed E-state index contributed by atoms with van der Waals surface area (Å²) in [6.45, 7) is 2.06. The lowest BCUT2D eigenvalue weighted by Gasteiger charge is -2.04. The molecule has 0 aliphatic carbocycles. The Bertz CT molecular complexity index is 849. The van der Waals surface area contributed by atoms with Gasteiger partial charge >= 0.3 is 0 Å². The fraction of sp³-hybridized carbons (Fsp3) is 0.111. The number of hydrogen-bond donors (Lipinski definition) is 1. The first-order valence-corrected chi connectivity index (χ1v) is 8.14. The van der Waals surface area contributed by atoms with Gasteiger partial charge in [0.2, 0.25) is 0 Å². The normalized spacial score (nSPS) is 10.4. The highest BCUT2D eigenvalue weighted by molar-refractivity contribution is 7.13. The Labute approximate surface area is 142 Å². The largest absolute Gasteiger partial charge is 0.486 e. The molecule has 2 aromatic carbocycles. The topological polar surface area (TPSA) is 51.2 Å². The third-order valence-electron chi connectivity index (χ3n) is 3.24. The molecule has 0 saturated carbocycles. The van der Waals surface area contributed by atoms with Gasteiger partial charge < -0.3 is 10.1 Å². The van der Waals surface area contributed by atoms with Crippen LogP contribution in [0.2, 0.25) is 0 Å². The van der Waals surface area contributed by atoms with Crippen molar-refractivity contribution in [2.45, 2.75) is 13.5 Å². The van der Waals surface area contributed by atoms with Crippen molar-refractivity contribution in [3.05, 3.63) is 76.0 Å². The van der Waals surface area contributed by atoms with Crippen LogP contribution in [0.5, 0.6) is 5.75 Å². The van der Waals surface area contributed by atoms with Gasteiger partial charge in [-0.15, -0.1) is 11.3 Å². The Morgan fingerprint density at radius 3 is 2.75 bits per heavy atom. The number of nitrogens with zero attached hydrogens (tertiary/aromatic N) is 1. The van der Waals surface area contributed by atoms with E-state index in [0.29, 0.717) is 27.9 Å². The van der Waals surface area contributed by atoms with E-state index in [0.717, 1.165) is 5.75 Å². The standard InChI is InChI=1S/C18H15FN2O2S/c1-12-17(18(22)21-14-7-5-6-13(19)10-14)24-16(20-12)11-23-15-8-3-2-4-9-15/h2-10H,11H2,1H3,(H,21,22). The molecular weight excluding hydrogens is 327 g/mol. The van der Waals surface area contributed by atoms with Gasteiger partial charge in [-0.25, -0.2) is 9.37 Å². The summed E-state index contributed by atoms with van der Waals surface area (Å²) in [5.74, 6) is 0.0449. The summed E-state index contributed by atoms with van der Waals surface area (Å²) >= 11 is 1.27. The molecule has 1 N–H and O–H groups in total. The smallest absolute Gasteiger partial charge is 0.267 e. The molecule has 4 nitrogen and oxygen atoms in total. The highest BCUT2D eigenvalue weighted by atomic mass is 32.1. The maximum absolute atomic E-state index is 13.2. The summed E-state index contributed by atoms with van der Waals surface area (Å²) < 4.78 is 18.8. The molecule has 0 bridgehead atoms. The van der Waals surface area contributed by atoms with Gasteiger partial charge in [0.05, 0.1) is 5.69 Å². The number of thiazole rings is 1. The summed E-state index contributed by atoms with van der Waals surface area (Å²) in [5, 5.41) is 3.39. The van der Waals surface area contributed by atoms with Crippen molar-refractivity contribution < 1.29 is 13.9 Å². The molecule has 122 valence electrons. The van der Waals surface area contributed by atoms with E-state index in [1.54, 1.807) is 19.1 Å². The summed E-state index contributed by atoms with van der Waals surface area (Å²) in [7, 11) is 0. The Balaban J connectivity index is 1.68. The number of benzene rings is 2. The number of halogens is 1. The summed E-state index contributed by atoms with van der Waals surface area (Å²) in [6, 6.07) is 15.2. The zero-order valence-electron chi connectivity index (χ0n) is 13.0.